The van der Waals surface area contributed by atoms with Gasteiger partial charge in [0.15, 0.2) is 0 Å². The van der Waals surface area contributed by atoms with Crippen molar-refractivity contribution < 1.29 is 19.2 Å². The third kappa shape index (κ3) is 3.88. The number of fused-ring (bicyclic) bond motifs is 2. The quantitative estimate of drug-likeness (QED) is 0.522. The van der Waals surface area contributed by atoms with E-state index in [9.17, 15) is 14.4 Å². The molecular formula is C20H30N4O5. The van der Waals surface area contributed by atoms with Gasteiger partial charge < -0.3 is 10.1 Å². The van der Waals surface area contributed by atoms with Crippen LogP contribution in [0.1, 0.15) is 50.9 Å². The number of ether oxygens (including phenoxy) is 1. The first-order chi connectivity index (χ1) is 13.7. The Morgan fingerprint density at radius 3 is 2.66 bits per heavy atom. The molecule has 4 atom stereocenters. The molecule has 0 saturated heterocycles. The summed E-state index contributed by atoms with van der Waals surface area (Å²) >= 11 is 0. The van der Waals surface area contributed by atoms with Gasteiger partial charge in [0.25, 0.3) is 11.5 Å². The molecule has 9 nitrogen and oxygen atoms in total. The Balaban J connectivity index is 1.88. The molecule has 2 N–H and O–H groups in total. The predicted octanol–water partition coefficient (Wildman–Crippen LogP) is 1.58. The van der Waals surface area contributed by atoms with E-state index in [2.05, 4.69) is 36.7 Å². The second kappa shape index (κ2) is 8.14. The van der Waals surface area contributed by atoms with Gasteiger partial charge >= 0.3 is 5.97 Å². The lowest BCUT2D eigenvalue weighted by molar-refractivity contribution is -0.144. The summed E-state index contributed by atoms with van der Waals surface area (Å²) in [5.74, 6) is 0.343. The number of nitrogens with zero attached hydrogens (tertiary/aromatic N) is 2. The Labute approximate surface area is 170 Å². The molecule has 0 aliphatic heterocycles. The lowest BCUT2D eigenvalue weighted by atomic mass is 9.45. The monoisotopic (exact) mass is 406 g/mol. The van der Waals surface area contributed by atoms with Gasteiger partial charge in [0.05, 0.1) is 25.6 Å². The molecule has 1 aromatic rings. The maximum atomic E-state index is 12.9. The maximum Gasteiger partial charge on any atom is 0.327 e. The summed E-state index contributed by atoms with van der Waals surface area (Å²) < 4.78 is 5.80. The minimum Gasteiger partial charge on any atom is -0.465 e. The van der Waals surface area contributed by atoms with Crippen LogP contribution in [0.2, 0.25) is 0 Å². The summed E-state index contributed by atoms with van der Waals surface area (Å²) in [6, 6.07) is 0.142. The van der Waals surface area contributed by atoms with Gasteiger partial charge in [0.2, 0.25) is 0 Å². The first kappa shape index (κ1) is 21.3. The molecule has 0 spiro atoms. The van der Waals surface area contributed by atoms with Gasteiger partial charge in [-0.3, -0.25) is 19.2 Å². The predicted molar refractivity (Wildman–Crippen MR) is 106 cm³/mol. The number of hydrogen-bond acceptors (Lipinski definition) is 7. The third-order valence-corrected chi connectivity index (χ3v) is 6.74. The molecule has 4 rings (SSSR count). The van der Waals surface area contributed by atoms with Crippen molar-refractivity contribution in [3.8, 4) is 0 Å². The van der Waals surface area contributed by atoms with E-state index in [1.54, 1.807) is 6.92 Å². The molecule has 1 aromatic heterocycles. The number of nitrogens with one attached hydrogen (secondary N) is 2. The van der Waals surface area contributed by atoms with E-state index in [1.807, 2.05) is 0 Å². The van der Waals surface area contributed by atoms with Crippen LogP contribution < -0.4 is 16.4 Å². The molecule has 3 aliphatic rings. The number of esters is 1. The van der Waals surface area contributed by atoms with Crippen LogP contribution in [0.15, 0.2) is 11.0 Å². The number of carbonyl (C=O) groups excluding carboxylic acids is 2. The van der Waals surface area contributed by atoms with Crippen LogP contribution in [-0.4, -0.2) is 41.4 Å². The molecule has 1 amide bonds. The Morgan fingerprint density at radius 2 is 2.07 bits per heavy atom. The van der Waals surface area contributed by atoms with Crippen LogP contribution in [0, 0.1) is 23.2 Å². The number of hydroxylamine groups is 1. The van der Waals surface area contributed by atoms with E-state index in [4.69, 9.17) is 9.57 Å². The lowest BCUT2D eigenvalue weighted by Crippen LogP contribution is -2.58. The topological polar surface area (TPSA) is 112 Å². The Hall–Kier alpha value is -2.42. The van der Waals surface area contributed by atoms with Crippen molar-refractivity contribution in [3.05, 3.63) is 22.1 Å². The number of rotatable bonds is 7. The highest BCUT2D eigenvalue weighted by Crippen LogP contribution is 2.61. The van der Waals surface area contributed by atoms with Gasteiger partial charge in [-0.25, -0.2) is 10.2 Å². The summed E-state index contributed by atoms with van der Waals surface area (Å²) in [4.78, 5) is 41.9. The van der Waals surface area contributed by atoms with Gasteiger partial charge in [-0.05, 0) is 42.9 Å². The zero-order valence-electron chi connectivity index (χ0n) is 17.7. The fourth-order valence-corrected chi connectivity index (χ4v) is 4.94. The molecule has 2 bridgehead atoms. The summed E-state index contributed by atoms with van der Waals surface area (Å²) in [5, 5.41) is 7.45. The van der Waals surface area contributed by atoms with Crippen molar-refractivity contribution in [2.24, 2.45) is 23.2 Å². The first-order valence-electron chi connectivity index (χ1n) is 10.1. The molecular weight excluding hydrogens is 376 g/mol. The van der Waals surface area contributed by atoms with Crippen molar-refractivity contribution in [1.82, 2.24) is 15.3 Å². The molecule has 3 aliphatic carbocycles. The molecule has 0 unspecified atom stereocenters. The highest BCUT2D eigenvalue weighted by atomic mass is 16.6. The van der Waals surface area contributed by atoms with Crippen molar-refractivity contribution in [1.29, 1.82) is 0 Å². The second-order valence-electron chi connectivity index (χ2n) is 8.54. The molecule has 3 saturated carbocycles. The van der Waals surface area contributed by atoms with E-state index in [0.29, 0.717) is 28.9 Å². The standard InChI is InChI=1S/C20H30N4O5/c1-6-29-16(25)10-24-19(27)17(18(26)23-28-5)15(9-21-24)22-14-8-12-7-13(11(14)2)20(12,3)4/h9,11-14,22H,6-8,10H2,1-5H3,(H,23,26)/t11-,12+,13-,14-/m1/s1. The summed E-state index contributed by atoms with van der Waals surface area (Å²) in [7, 11) is 1.29. The van der Waals surface area contributed by atoms with Crippen LogP contribution in [0.3, 0.4) is 0 Å². The minimum atomic E-state index is -0.686. The van der Waals surface area contributed by atoms with Crippen LogP contribution >= 0.6 is 0 Å². The summed E-state index contributed by atoms with van der Waals surface area (Å²) in [6.45, 7) is 8.35. The Morgan fingerprint density at radius 1 is 1.34 bits per heavy atom. The Bertz CT molecular complexity index is 850. The third-order valence-electron chi connectivity index (χ3n) is 6.74. The average Bonchev–Trinajstić information content (AvgIpc) is 2.65. The molecule has 160 valence electrons. The summed E-state index contributed by atoms with van der Waals surface area (Å²) in [5.41, 5.74) is 2.07. The van der Waals surface area contributed by atoms with E-state index >= 15 is 0 Å². The highest BCUT2D eigenvalue weighted by Gasteiger charge is 2.56. The fraction of sp³-hybridized carbons (Fsp3) is 0.700. The lowest BCUT2D eigenvalue weighted by Gasteiger charge is -2.62. The minimum absolute atomic E-state index is 0.128. The molecule has 29 heavy (non-hydrogen) atoms. The average molecular weight is 406 g/mol. The van der Waals surface area contributed by atoms with Gasteiger partial charge in [-0.2, -0.15) is 5.10 Å². The number of anilines is 1. The van der Waals surface area contributed by atoms with Gasteiger partial charge in [0.1, 0.15) is 12.1 Å². The number of amides is 1. The normalized spacial score (nSPS) is 26.9. The van der Waals surface area contributed by atoms with Crippen molar-refractivity contribution in [3.63, 3.8) is 0 Å². The van der Waals surface area contributed by atoms with Crippen molar-refractivity contribution in [2.45, 2.75) is 53.1 Å². The van der Waals surface area contributed by atoms with Gasteiger partial charge in [0, 0.05) is 6.04 Å². The van der Waals surface area contributed by atoms with Crippen LogP contribution in [-0.2, 0) is 20.9 Å². The van der Waals surface area contributed by atoms with Crippen LogP contribution in [0.5, 0.6) is 0 Å². The number of aromatic nitrogens is 2. The zero-order chi connectivity index (χ0) is 21.3. The van der Waals surface area contributed by atoms with E-state index in [0.717, 1.165) is 11.1 Å². The maximum absolute atomic E-state index is 12.9. The molecule has 1 heterocycles. The number of carbonyl (C=O) groups is 2. The number of hydrogen-bond donors (Lipinski definition) is 2. The van der Waals surface area contributed by atoms with E-state index in [1.165, 1.54) is 19.7 Å². The van der Waals surface area contributed by atoms with Crippen LogP contribution in [0.25, 0.3) is 0 Å². The van der Waals surface area contributed by atoms with Crippen molar-refractivity contribution in [2.75, 3.05) is 19.0 Å². The Kier molecular flexibility index (Phi) is 5.97. The first-order valence-corrected chi connectivity index (χ1v) is 10.1. The fourth-order valence-electron chi connectivity index (χ4n) is 4.94. The molecule has 9 heteroatoms. The molecule has 0 aromatic carbocycles. The van der Waals surface area contributed by atoms with Gasteiger partial charge in [-0.1, -0.05) is 20.8 Å². The zero-order valence-corrected chi connectivity index (χ0v) is 17.7. The van der Waals surface area contributed by atoms with E-state index in [-0.39, 0.29) is 24.8 Å². The largest absolute Gasteiger partial charge is 0.465 e. The molecule has 0 radical (unpaired) electrons. The van der Waals surface area contributed by atoms with E-state index < -0.39 is 17.4 Å². The van der Waals surface area contributed by atoms with Crippen molar-refractivity contribution >= 4 is 17.6 Å². The second-order valence-corrected chi connectivity index (χ2v) is 8.54. The van der Waals surface area contributed by atoms with Gasteiger partial charge in [-0.15, -0.1) is 0 Å². The highest BCUT2D eigenvalue weighted by molar-refractivity contribution is 5.98. The molecule has 3 fully saturated rings. The summed E-state index contributed by atoms with van der Waals surface area (Å²) in [6.07, 6.45) is 3.62. The smallest absolute Gasteiger partial charge is 0.327 e. The SMILES string of the molecule is CCOC(=O)Cn1ncc(N[C@@H]2C[C@@H]3C[C@H]([C@H]2C)C3(C)C)c(C(=O)NOC)c1=O. The van der Waals surface area contributed by atoms with Crippen LogP contribution in [0.4, 0.5) is 5.69 Å².